The first-order chi connectivity index (χ1) is 9.88. The lowest BCUT2D eigenvalue weighted by Gasteiger charge is -2.30. The van der Waals surface area contributed by atoms with Gasteiger partial charge in [0.2, 0.25) is 5.91 Å². The van der Waals surface area contributed by atoms with Gasteiger partial charge in [0, 0.05) is 6.04 Å². The Kier molecular flexibility index (Phi) is 5.90. The zero-order valence-corrected chi connectivity index (χ0v) is 12.8. The second kappa shape index (κ2) is 7.22. The maximum absolute atomic E-state index is 12.3. The molecule has 0 heterocycles. The maximum Gasteiger partial charge on any atom is 0.329 e. The van der Waals surface area contributed by atoms with Crippen LogP contribution in [0, 0.1) is 5.92 Å². The Hall–Kier alpha value is -1.88. The lowest BCUT2D eigenvalue weighted by atomic mass is 9.89. The summed E-state index contributed by atoms with van der Waals surface area (Å²) >= 11 is 0. The molecule has 1 amide bonds. The molecule has 0 aromatic heterocycles. The van der Waals surface area contributed by atoms with Crippen LogP contribution in [-0.2, 0) is 9.59 Å². The number of aliphatic carboxylic acids is 1. The number of hydrogen-bond donors (Lipinski definition) is 3. The normalized spacial score (nSPS) is 14.3. The average molecular weight is 292 g/mol. The van der Waals surface area contributed by atoms with Gasteiger partial charge >= 0.3 is 5.97 Å². The second-order valence-corrected chi connectivity index (χ2v) is 5.31. The molecule has 0 aliphatic carbocycles. The van der Waals surface area contributed by atoms with Crippen LogP contribution < -0.4 is 11.1 Å². The Labute approximate surface area is 125 Å². The zero-order valence-electron chi connectivity index (χ0n) is 12.8. The van der Waals surface area contributed by atoms with Crippen molar-refractivity contribution in [2.45, 2.75) is 45.2 Å². The first kappa shape index (κ1) is 17.2. The second-order valence-electron chi connectivity index (χ2n) is 5.31. The summed E-state index contributed by atoms with van der Waals surface area (Å²) in [4.78, 5) is 23.8. The van der Waals surface area contributed by atoms with E-state index in [0.29, 0.717) is 12.8 Å². The van der Waals surface area contributed by atoms with E-state index in [1.807, 2.05) is 30.3 Å². The van der Waals surface area contributed by atoms with Crippen LogP contribution in [0.3, 0.4) is 0 Å². The molecule has 1 aromatic rings. The minimum absolute atomic E-state index is 0.331. The molecule has 116 valence electrons. The SMILES string of the molecule is CCC(CC)(NC(=O)C(C)C(N)c1ccccc1)C(=O)O. The van der Waals surface area contributed by atoms with Crippen molar-refractivity contribution < 1.29 is 14.7 Å². The highest BCUT2D eigenvalue weighted by Gasteiger charge is 2.38. The number of carboxylic acids is 1. The molecule has 0 saturated heterocycles. The number of rotatable bonds is 7. The van der Waals surface area contributed by atoms with Crippen molar-refractivity contribution in [3.63, 3.8) is 0 Å². The number of nitrogens with two attached hydrogens (primary N) is 1. The lowest BCUT2D eigenvalue weighted by molar-refractivity contribution is -0.148. The minimum atomic E-state index is -1.22. The van der Waals surface area contributed by atoms with Gasteiger partial charge < -0.3 is 16.2 Å². The van der Waals surface area contributed by atoms with Gasteiger partial charge in [-0.1, -0.05) is 51.1 Å². The van der Waals surface area contributed by atoms with Gasteiger partial charge in [-0.15, -0.1) is 0 Å². The molecule has 0 aliphatic rings. The largest absolute Gasteiger partial charge is 0.480 e. The van der Waals surface area contributed by atoms with Gasteiger partial charge in [-0.3, -0.25) is 4.79 Å². The summed E-state index contributed by atoms with van der Waals surface area (Å²) in [5, 5.41) is 12.0. The highest BCUT2D eigenvalue weighted by molar-refractivity contribution is 5.88. The monoisotopic (exact) mass is 292 g/mol. The van der Waals surface area contributed by atoms with Crippen LogP contribution in [0.4, 0.5) is 0 Å². The summed E-state index contributed by atoms with van der Waals surface area (Å²) in [6, 6.07) is 8.85. The van der Waals surface area contributed by atoms with E-state index in [1.165, 1.54) is 0 Å². The molecule has 0 saturated carbocycles. The fraction of sp³-hybridized carbons (Fsp3) is 0.500. The van der Waals surface area contributed by atoms with E-state index in [1.54, 1.807) is 20.8 Å². The van der Waals surface area contributed by atoms with Gasteiger partial charge in [-0.05, 0) is 18.4 Å². The summed E-state index contributed by atoms with van der Waals surface area (Å²) in [6.07, 6.45) is 0.662. The van der Waals surface area contributed by atoms with E-state index >= 15 is 0 Å². The number of amides is 1. The molecule has 5 heteroatoms. The van der Waals surface area contributed by atoms with Gasteiger partial charge in [-0.2, -0.15) is 0 Å². The Morgan fingerprint density at radius 3 is 2.19 bits per heavy atom. The Morgan fingerprint density at radius 1 is 1.24 bits per heavy atom. The number of carboxylic acid groups (broad SMARTS) is 1. The molecule has 0 aliphatic heterocycles. The molecule has 1 aromatic carbocycles. The zero-order chi connectivity index (χ0) is 16.0. The highest BCUT2D eigenvalue weighted by Crippen LogP contribution is 2.22. The van der Waals surface area contributed by atoms with Crippen molar-refractivity contribution in [2.75, 3.05) is 0 Å². The molecule has 4 N–H and O–H groups in total. The molecular weight excluding hydrogens is 268 g/mol. The molecule has 2 unspecified atom stereocenters. The van der Waals surface area contributed by atoms with E-state index in [2.05, 4.69) is 5.32 Å². The summed E-state index contributed by atoms with van der Waals surface area (Å²) in [5.74, 6) is -1.86. The van der Waals surface area contributed by atoms with E-state index in [-0.39, 0.29) is 5.91 Å². The molecule has 0 fully saturated rings. The predicted octanol–water partition coefficient (Wildman–Crippen LogP) is 2.08. The average Bonchev–Trinajstić information content (AvgIpc) is 2.51. The van der Waals surface area contributed by atoms with Crippen LogP contribution >= 0.6 is 0 Å². The number of nitrogens with one attached hydrogen (secondary N) is 1. The standard InChI is InChI=1S/C16H24N2O3/c1-4-16(5-2,15(20)21)18-14(19)11(3)13(17)12-9-7-6-8-10-12/h6-11,13H,4-5,17H2,1-3H3,(H,18,19)(H,20,21). The number of hydrogen-bond acceptors (Lipinski definition) is 3. The van der Waals surface area contributed by atoms with Gasteiger partial charge in [0.05, 0.1) is 5.92 Å². The van der Waals surface area contributed by atoms with E-state index in [9.17, 15) is 14.7 Å². The number of carbonyl (C=O) groups excluding carboxylic acids is 1. The van der Waals surface area contributed by atoms with Crippen LogP contribution in [0.1, 0.15) is 45.2 Å². The minimum Gasteiger partial charge on any atom is -0.480 e. The van der Waals surface area contributed by atoms with Gasteiger partial charge in [0.1, 0.15) is 5.54 Å². The third kappa shape index (κ3) is 3.82. The van der Waals surface area contributed by atoms with Crippen molar-refractivity contribution in [2.24, 2.45) is 11.7 Å². The van der Waals surface area contributed by atoms with Crippen LogP contribution in [0.2, 0.25) is 0 Å². The summed E-state index contributed by atoms with van der Waals surface area (Å²) in [6.45, 7) is 5.21. The smallest absolute Gasteiger partial charge is 0.329 e. The third-order valence-corrected chi connectivity index (χ3v) is 4.12. The molecule has 5 nitrogen and oxygen atoms in total. The Balaban J connectivity index is 2.85. The summed E-state index contributed by atoms with van der Waals surface area (Å²) in [5.41, 5.74) is 5.74. The quantitative estimate of drug-likeness (QED) is 0.717. The van der Waals surface area contributed by atoms with Crippen molar-refractivity contribution in [3.05, 3.63) is 35.9 Å². The van der Waals surface area contributed by atoms with Crippen LogP contribution in [-0.4, -0.2) is 22.5 Å². The number of benzene rings is 1. The topological polar surface area (TPSA) is 92.4 Å². The first-order valence-corrected chi connectivity index (χ1v) is 7.24. The molecule has 0 bridgehead atoms. The van der Waals surface area contributed by atoms with Crippen LogP contribution in [0.25, 0.3) is 0 Å². The summed E-state index contributed by atoms with van der Waals surface area (Å²) in [7, 11) is 0. The first-order valence-electron chi connectivity index (χ1n) is 7.24. The van der Waals surface area contributed by atoms with Gasteiger partial charge in [-0.25, -0.2) is 4.79 Å². The van der Waals surface area contributed by atoms with Crippen molar-refractivity contribution >= 4 is 11.9 Å². The van der Waals surface area contributed by atoms with Crippen LogP contribution in [0.5, 0.6) is 0 Å². The Morgan fingerprint density at radius 2 is 1.76 bits per heavy atom. The fourth-order valence-electron chi connectivity index (χ4n) is 2.26. The van der Waals surface area contributed by atoms with Gasteiger partial charge in [0.25, 0.3) is 0 Å². The molecular formula is C16H24N2O3. The van der Waals surface area contributed by atoms with Crippen molar-refractivity contribution in [3.8, 4) is 0 Å². The van der Waals surface area contributed by atoms with E-state index in [0.717, 1.165) is 5.56 Å². The third-order valence-electron chi connectivity index (χ3n) is 4.12. The van der Waals surface area contributed by atoms with Crippen molar-refractivity contribution in [1.29, 1.82) is 0 Å². The molecule has 1 rings (SSSR count). The summed E-state index contributed by atoms with van der Waals surface area (Å²) < 4.78 is 0. The van der Waals surface area contributed by atoms with E-state index < -0.39 is 23.5 Å². The molecule has 2 atom stereocenters. The highest BCUT2D eigenvalue weighted by atomic mass is 16.4. The van der Waals surface area contributed by atoms with Gasteiger partial charge in [0.15, 0.2) is 0 Å². The molecule has 21 heavy (non-hydrogen) atoms. The van der Waals surface area contributed by atoms with E-state index in [4.69, 9.17) is 5.73 Å². The van der Waals surface area contributed by atoms with Crippen molar-refractivity contribution in [1.82, 2.24) is 5.32 Å². The maximum atomic E-state index is 12.3. The lowest BCUT2D eigenvalue weighted by Crippen LogP contribution is -2.55. The number of carbonyl (C=O) groups is 2. The predicted molar refractivity (Wildman–Crippen MR) is 81.6 cm³/mol. The molecule has 0 spiro atoms. The Bertz CT molecular complexity index is 484. The van der Waals surface area contributed by atoms with Crippen LogP contribution in [0.15, 0.2) is 30.3 Å². The fourth-order valence-corrected chi connectivity index (χ4v) is 2.26. The molecule has 0 radical (unpaired) electrons.